The van der Waals surface area contributed by atoms with E-state index in [2.05, 4.69) is 25.6 Å². The Balaban J connectivity index is 1.66. The standard InChI is InChI=1S/C22H22ClN7O4/c1-2-5-19(34-30(32)33)22-24-20(23)18(13-31)29(22)12-14-8-10-15(11-9-14)16-6-3-4-7-17(16)21-25-27-28-26-21/h3-4,6-11,19,31H,2,5,12-13H2,1H3,(H,25,26,27,28). The number of imidazole rings is 1. The second-order valence-electron chi connectivity index (χ2n) is 7.54. The van der Waals surface area contributed by atoms with Crippen LogP contribution >= 0.6 is 11.6 Å². The SMILES string of the molecule is CCCC(O[N+](=O)[O-])c1nc(Cl)c(CO)n1Cc1ccc(-c2ccccc2-c2nn[nH]n2)cc1. The number of hydrogen-bond donors (Lipinski definition) is 2. The van der Waals surface area contributed by atoms with Gasteiger partial charge in [0.1, 0.15) is 5.82 Å². The molecule has 176 valence electrons. The highest BCUT2D eigenvalue weighted by Gasteiger charge is 2.25. The molecular formula is C22H22ClN7O4. The summed E-state index contributed by atoms with van der Waals surface area (Å²) in [5.41, 5.74) is 4.00. The fourth-order valence-corrected chi connectivity index (χ4v) is 4.07. The number of hydrogen-bond acceptors (Lipinski definition) is 8. The molecule has 0 saturated carbocycles. The molecule has 1 unspecified atom stereocenters. The predicted octanol–water partition coefficient (Wildman–Crippen LogP) is 3.97. The number of rotatable bonds is 10. The Hall–Kier alpha value is -3.83. The smallest absolute Gasteiger partial charge is 0.295 e. The molecular weight excluding hydrogens is 462 g/mol. The van der Waals surface area contributed by atoms with Crippen LogP contribution in [0.2, 0.25) is 5.15 Å². The second kappa shape index (κ2) is 10.4. The Kier molecular flexibility index (Phi) is 7.14. The summed E-state index contributed by atoms with van der Waals surface area (Å²) in [6.45, 7) is 1.83. The normalized spacial score (nSPS) is 12.0. The molecule has 0 aliphatic rings. The first-order valence-electron chi connectivity index (χ1n) is 10.6. The van der Waals surface area contributed by atoms with Crippen LogP contribution in [0.1, 0.15) is 43.0 Å². The maximum absolute atomic E-state index is 11.0. The van der Waals surface area contributed by atoms with Gasteiger partial charge in [0.15, 0.2) is 11.3 Å². The molecule has 12 heteroatoms. The van der Waals surface area contributed by atoms with Gasteiger partial charge < -0.3 is 14.5 Å². The van der Waals surface area contributed by atoms with Crippen LogP contribution < -0.4 is 0 Å². The fraction of sp³-hybridized carbons (Fsp3) is 0.273. The van der Waals surface area contributed by atoms with Crippen molar-refractivity contribution in [2.24, 2.45) is 0 Å². The van der Waals surface area contributed by atoms with Gasteiger partial charge in [0.05, 0.1) is 12.3 Å². The van der Waals surface area contributed by atoms with Crippen molar-refractivity contribution in [1.82, 2.24) is 30.2 Å². The zero-order valence-corrected chi connectivity index (χ0v) is 19.0. The lowest BCUT2D eigenvalue weighted by Gasteiger charge is -2.17. The number of benzene rings is 2. The highest BCUT2D eigenvalue weighted by molar-refractivity contribution is 6.30. The number of nitrogens with zero attached hydrogens (tertiary/aromatic N) is 6. The molecule has 2 aromatic carbocycles. The van der Waals surface area contributed by atoms with Crippen LogP contribution in [0.25, 0.3) is 22.5 Å². The van der Waals surface area contributed by atoms with E-state index in [1.54, 1.807) is 4.57 Å². The molecule has 0 radical (unpaired) electrons. The summed E-state index contributed by atoms with van der Waals surface area (Å²) < 4.78 is 1.68. The Labute approximate surface area is 199 Å². The van der Waals surface area contributed by atoms with Gasteiger partial charge in [-0.2, -0.15) is 5.21 Å². The summed E-state index contributed by atoms with van der Waals surface area (Å²) >= 11 is 6.23. The van der Waals surface area contributed by atoms with Gasteiger partial charge in [-0.1, -0.05) is 73.5 Å². The molecule has 4 rings (SSSR count). The van der Waals surface area contributed by atoms with Crippen molar-refractivity contribution in [3.63, 3.8) is 0 Å². The van der Waals surface area contributed by atoms with Crippen molar-refractivity contribution in [2.75, 3.05) is 0 Å². The van der Waals surface area contributed by atoms with Gasteiger partial charge in [-0.15, -0.1) is 20.3 Å². The van der Waals surface area contributed by atoms with E-state index in [0.29, 0.717) is 36.7 Å². The lowest BCUT2D eigenvalue weighted by atomic mass is 9.98. The van der Waals surface area contributed by atoms with E-state index >= 15 is 0 Å². The van der Waals surface area contributed by atoms with Crippen molar-refractivity contribution < 1.29 is 15.0 Å². The number of aliphatic hydroxyl groups excluding tert-OH is 1. The van der Waals surface area contributed by atoms with Crippen molar-refractivity contribution in [3.8, 4) is 22.5 Å². The van der Waals surface area contributed by atoms with Crippen LogP contribution in [0.5, 0.6) is 0 Å². The van der Waals surface area contributed by atoms with Crippen LogP contribution in [0.15, 0.2) is 48.5 Å². The van der Waals surface area contributed by atoms with Crippen LogP contribution in [0.3, 0.4) is 0 Å². The van der Waals surface area contributed by atoms with Gasteiger partial charge in [0, 0.05) is 12.1 Å². The molecule has 4 aromatic rings. The third-order valence-corrected chi connectivity index (χ3v) is 5.68. The summed E-state index contributed by atoms with van der Waals surface area (Å²) in [5.74, 6) is 0.803. The molecule has 2 heterocycles. The molecule has 34 heavy (non-hydrogen) atoms. The van der Waals surface area contributed by atoms with Crippen molar-refractivity contribution >= 4 is 11.6 Å². The summed E-state index contributed by atoms with van der Waals surface area (Å²) in [6.07, 6.45) is 0.135. The summed E-state index contributed by atoms with van der Waals surface area (Å²) in [6, 6.07) is 15.5. The fourth-order valence-electron chi connectivity index (χ4n) is 3.82. The van der Waals surface area contributed by atoms with Crippen LogP contribution in [0.4, 0.5) is 0 Å². The number of aromatic amines is 1. The van der Waals surface area contributed by atoms with E-state index in [1.807, 2.05) is 55.5 Å². The molecule has 0 bridgehead atoms. The maximum atomic E-state index is 11.0. The van der Waals surface area contributed by atoms with Gasteiger partial charge in [0.25, 0.3) is 5.09 Å². The first-order chi connectivity index (χ1) is 16.5. The monoisotopic (exact) mass is 483 g/mol. The van der Waals surface area contributed by atoms with Gasteiger partial charge >= 0.3 is 0 Å². The number of halogens is 1. The molecule has 0 aliphatic carbocycles. The quantitative estimate of drug-likeness (QED) is 0.254. The molecule has 11 nitrogen and oxygen atoms in total. The summed E-state index contributed by atoms with van der Waals surface area (Å²) in [7, 11) is 0. The minimum absolute atomic E-state index is 0.0937. The molecule has 0 aliphatic heterocycles. The molecule has 0 saturated heterocycles. The van der Waals surface area contributed by atoms with E-state index in [1.165, 1.54) is 0 Å². The molecule has 2 N–H and O–H groups in total. The van der Waals surface area contributed by atoms with E-state index in [-0.39, 0.29) is 11.8 Å². The van der Waals surface area contributed by atoms with E-state index in [9.17, 15) is 15.2 Å². The largest absolute Gasteiger partial charge is 0.390 e. The second-order valence-corrected chi connectivity index (χ2v) is 7.89. The molecule has 0 fully saturated rings. The van der Waals surface area contributed by atoms with E-state index in [4.69, 9.17) is 16.4 Å². The number of aromatic nitrogens is 6. The zero-order valence-electron chi connectivity index (χ0n) is 18.3. The average molecular weight is 484 g/mol. The van der Waals surface area contributed by atoms with Crippen LogP contribution in [-0.4, -0.2) is 40.4 Å². The minimum atomic E-state index is -0.890. The van der Waals surface area contributed by atoms with Gasteiger partial charge in [-0.05, 0) is 28.3 Å². The summed E-state index contributed by atoms with van der Waals surface area (Å²) in [5, 5.41) is 34.4. The van der Waals surface area contributed by atoms with E-state index < -0.39 is 11.2 Å². The van der Waals surface area contributed by atoms with Crippen molar-refractivity contribution in [1.29, 1.82) is 0 Å². The third kappa shape index (κ3) is 4.90. The number of H-pyrrole nitrogens is 1. The molecule has 1 atom stereocenters. The van der Waals surface area contributed by atoms with Gasteiger partial charge in [-0.25, -0.2) is 4.98 Å². The third-order valence-electron chi connectivity index (χ3n) is 5.37. The Bertz CT molecular complexity index is 1260. The minimum Gasteiger partial charge on any atom is -0.390 e. The van der Waals surface area contributed by atoms with Crippen molar-refractivity contribution in [2.45, 2.75) is 39.0 Å². The van der Waals surface area contributed by atoms with Crippen LogP contribution in [-0.2, 0) is 18.0 Å². The Morgan fingerprint density at radius 2 is 1.94 bits per heavy atom. The Morgan fingerprint density at radius 3 is 2.56 bits per heavy atom. The zero-order chi connectivity index (χ0) is 24.1. The maximum Gasteiger partial charge on any atom is 0.295 e. The van der Waals surface area contributed by atoms with E-state index in [0.717, 1.165) is 22.3 Å². The highest BCUT2D eigenvalue weighted by atomic mass is 35.5. The summed E-state index contributed by atoms with van der Waals surface area (Å²) in [4.78, 5) is 20.2. The molecule has 0 spiro atoms. The van der Waals surface area contributed by atoms with Gasteiger partial charge in [0.2, 0.25) is 5.82 Å². The van der Waals surface area contributed by atoms with Crippen molar-refractivity contribution in [3.05, 3.63) is 80.9 Å². The first-order valence-corrected chi connectivity index (χ1v) is 11.0. The van der Waals surface area contributed by atoms with Gasteiger partial charge in [-0.3, -0.25) is 0 Å². The number of tetrazole rings is 1. The molecule has 0 amide bonds. The average Bonchev–Trinajstić information content (AvgIpc) is 3.47. The lowest BCUT2D eigenvalue weighted by molar-refractivity contribution is -0.771. The number of nitrogens with one attached hydrogen (secondary N) is 1. The lowest BCUT2D eigenvalue weighted by Crippen LogP contribution is -2.17. The van der Waals surface area contributed by atoms with Crippen LogP contribution in [0, 0.1) is 10.1 Å². The molecule has 2 aromatic heterocycles. The first kappa shape index (κ1) is 23.3. The topological polar surface area (TPSA) is 145 Å². The Morgan fingerprint density at radius 1 is 1.21 bits per heavy atom. The highest BCUT2D eigenvalue weighted by Crippen LogP contribution is 2.31. The number of aliphatic hydroxyl groups is 1. The predicted molar refractivity (Wildman–Crippen MR) is 123 cm³/mol.